The van der Waals surface area contributed by atoms with Crippen LogP contribution in [0.4, 0.5) is 11.4 Å². The highest BCUT2D eigenvalue weighted by atomic mass is 32.1. The molecule has 1 aromatic carbocycles. The summed E-state index contributed by atoms with van der Waals surface area (Å²) in [5.74, 6) is -0.222. The molecular weight excluding hydrogens is 304 g/mol. The number of ketones is 1. The standard InChI is InChI=1S/C15H16N2O4S/c1-10(19)11-4-5-12(14(9-11)17(20)21)16-13(6-7-18)15-3-2-8-22-15/h2-5,8-9,13,16,18H,6-7H2,1H3. The second-order valence-corrected chi connectivity index (χ2v) is 5.75. The van der Waals surface area contributed by atoms with Gasteiger partial charge in [0, 0.05) is 23.1 Å². The fraction of sp³-hybridized carbons (Fsp3) is 0.267. The number of carbonyl (C=O) groups is 1. The number of nitro groups is 1. The number of thiophene rings is 1. The number of nitrogens with one attached hydrogen (secondary N) is 1. The van der Waals surface area contributed by atoms with Crippen molar-refractivity contribution < 1.29 is 14.8 Å². The van der Waals surface area contributed by atoms with Crippen LogP contribution >= 0.6 is 11.3 Å². The zero-order chi connectivity index (χ0) is 16.1. The number of rotatable bonds is 7. The Morgan fingerprint density at radius 2 is 2.23 bits per heavy atom. The van der Waals surface area contributed by atoms with E-state index < -0.39 is 4.92 Å². The maximum Gasteiger partial charge on any atom is 0.293 e. The Balaban J connectivity index is 2.34. The Morgan fingerprint density at radius 3 is 2.77 bits per heavy atom. The highest BCUT2D eigenvalue weighted by molar-refractivity contribution is 7.10. The minimum Gasteiger partial charge on any atom is -0.396 e. The van der Waals surface area contributed by atoms with Crippen LogP contribution in [0.3, 0.4) is 0 Å². The average molecular weight is 320 g/mol. The van der Waals surface area contributed by atoms with Gasteiger partial charge in [-0.3, -0.25) is 14.9 Å². The molecule has 1 heterocycles. The van der Waals surface area contributed by atoms with Crippen LogP contribution in [0.2, 0.25) is 0 Å². The summed E-state index contributed by atoms with van der Waals surface area (Å²) in [4.78, 5) is 23.1. The smallest absolute Gasteiger partial charge is 0.293 e. The second kappa shape index (κ2) is 7.15. The Hall–Kier alpha value is -2.25. The van der Waals surface area contributed by atoms with Gasteiger partial charge >= 0.3 is 0 Å². The lowest BCUT2D eigenvalue weighted by atomic mass is 10.1. The van der Waals surface area contributed by atoms with E-state index in [1.54, 1.807) is 6.07 Å². The van der Waals surface area contributed by atoms with Crippen LogP contribution in [-0.2, 0) is 0 Å². The van der Waals surface area contributed by atoms with Crippen molar-refractivity contribution >= 4 is 28.5 Å². The molecule has 0 saturated heterocycles. The van der Waals surface area contributed by atoms with Gasteiger partial charge in [-0.15, -0.1) is 11.3 Å². The number of anilines is 1. The summed E-state index contributed by atoms with van der Waals surface area (Å²) < 4.78 is 0. The number of benzene rings is 1. The molecule has 2 aromatic rings. The van der Waals surface area contributed by atoms with Gasteiger partial charge in [0.15, 0.2) is 5.78 Å². The molecule has 0 aliphatic heterocycles. The van der Waals surface area contributed by atoms with Crippen LogP contribution in [0, 0.1) is 10.1 Å². The van der Waals surface area contributed by atoms with Gasteiger partial charge in [-0.05, 0) is 36.9 Å². The van der Waals surface area contributed by atoms with Crippen molar-refractivity contribution in [3.05, 3.63) is 56.3 Å². The van der Waals surface area contributed by atoms with Gasteiger partial charge in [0.05, 0.1) is 11.0 Å². The molecule has 1 atom stereocenters. The number of carbonyl (C=O) groups excluding carboxylic acids is 1. The van der Waals surface area contributed by atoms with E-state index >= 15 is 0 Å². The zero-order valence-corrected chi connectivity index (χ0v) is 12.8. The third-order valence-electron chi connectivity index (χ3n) is 3.24. The molecule has 22 heavy (non-hydrogen) atoms. The quantitative estimate of drug-likeness (QED) is 0.463. The number of hydrogen-bond acceptors (Lipinski definition) is 6. The second-order valence-electron chi connectivity index (χ2n) is 4.77. The molecule has 6 nitrogen and oxygen atoms in total. The number of aliphatic hydroxyl groups excluding tert-OH is 1. The molecule has 0 bridgehead atoms. The number of aliphatic hydroxyl groups is 1. The number of nitro benzene ring substituents is 1. The zero-order valence-electron chi connectivity index (χ0n) is 12.0. The van der Waals surface area contributed by atoms with E-state index in [0.717, 1.165) is 4.88 Å². The first-order valence-electron chi connectivity index (χ1n) is 6.73. The average Bonchev–Trinajstić information content (AvgIpc) is 3.00. The minimum atomic E-state index is -0.515. The molecule has 0 aliphatic carbocycles. The Morgan fingerprint density at radius 1 is 1.45 bits per heavy atom. The summed E-state index contributed by atoms with van der Waals surface area (Å²) in [6, 6.07) is 7.95. The normalized spacial score (nSPS) is 11.9. The van der Waals surface area contributed by atoms with Gasteiger partial charge in [0.1, 0.15) is 5.69 Å². The van der Waals surface area contributed by atoms with Crippen molar-refractivity contribution in [2.75, 3.05) is 11.9 Å². The highest BCUT2D eigenvalue weighted by Gasteiger charge is 2.20. The minimum absolute atomic E-state index is 0.0328. The summed E-state index contributed by atoms with van der Waals surface area (Å²) in [5.41, 5.74) is 0.487. The highest BCUT2D eigenvalue weighted by Crippen LogP contribution is 2.32. The molecule has 0 spiro atoms. The molecule has 0 aliphatic rings. The van der Waals surface area contributed by atoms with E-state index in [4.69, 9.17) is 0 Å². The van der Waals surface area contributed by atoms with E-state index in [9.17, 15) is 20.0 Å². The maximum absolute atomic E-state index is 11.4. The Labute approximate surface area is 131 Å². The number of nitrogens with zero attached hydrogens (tertiary/aromatic N) is 1. The maximum atomic E-state index is 11.4. The van der Waals surface area contributed by atoms with Crippen molar-refractivity contribution in [3.8, 4) is 0 Å². The van der Waals surface area contributed by atoms with Crippen molar-refractivity contribution in [2.24, 2.45) is 0 Å². The fourth-order valence-electron chi connectivity index (χ4n) is 2.12. The van der Waals surface area contributed by atoms with Gasteiger partial charge in [0.25, 0.3) is 5.69 Å². The lowest BCUT2D eigenvalue weighted by Gasteiger charge is -2.18. The van der Waals surface area contributed by atoms with Crippen molar-refractivity contribution in [2.45, 2.75) is 19.4 Å². The largest absolute Gasteiger partial charge is 0.396 e. The molecule has 116 valence electrons. The topological polar surface area (TPSA) is 92.5 Å². The predicted molar refractivity (Wildman–Crippen MR) is 85.5 cm³/mol. The van der Waals surface area contributed by atoms with Crippen LogP contribution < -0.4 is 5.32 Å². The third-order valence-corrected chi connectivity index (χ3v) is 4.22. The first-order valence-corrected chi connectivity index (χ1v) is 7.61. The monoisotopic (exact) mass is 320 g/mol. The van der Waals surface area contributed by atoms with Gasteiger partial charge in [-0.1, -0.05) is 6.07 Å². The van der Waals surface area contributed by atoms with Crippen LogP contribution in [-0.4, -0.2) is 22.4 Å². The van der Waals surface area contributed by atoms with Crippen LogP contribution in [0.25, 0.3) is 0 Å². The van der Waals surface area contributed by atoms with Crippen LogP contribution in [0.15, 0.2) is 35.7 Å². The van der Waals surface area contributed by atoms with E-state index in [1.165, 1.54) is 30.4 Å². The molecule has 0 fully saturated rings. The molecule has 1 aromatic heterocycles. The molecule has 1 unspecified atom stereocenters. The van der Waals surface area contributed by atoms with E-state index in [-0.39, 0.29) is 24.1 Å². The number of Topliss-reactive ketones (excluding diaryl/α,β-unsaturated/α-hetero) is 1. The Bertz CT molecular complexity index is 670. The van der Waals surface area contributed by atoms with Crippen molar-refractivity contribution in [1.29, 1.82) is 0 Å². The van der Waals surface area contributed by atoms with Gasteiger partial charge < -0.3 is 10.4 Å². The first kappa shape index (κ1) is 16.1. The number of hydrogen-bond donors (Lipinski definition) is 2. The third kappa shape index (κ3) is 3.69. The van der Waals surface area contributed by atoms with E-state index in [2.05, 4.69) is 5.32 Å². The molecule has 0 saturated carbocycles. The Kier molecular flexibility index (Phi) is 5.24. The van der Waals surface area contributed by atoms with Gasteiger partial charge in [-0.2, -0.15) is 0 Å². The van der Waals surface area contributed by atoms with Crippen molar-refractivity contribution in [3.63, 3.8) is 0 Å². The molecule has 2 N–H and O–H groups in total. The first-order chi connectivity index (χ1) is 10.5. The summed E-state index contributed by atoms with van der Waals surface area (Å²) in [7, 11) is 0. The molecule has 0 amide bonds. The van der Waals surface area contributed by atoms with Crippen molar-refractivity contribution in [1.82, 2.24) is 0 Å². The summed E-state index contributed by atoms with van der Waals surface area (Å²) in [5, 5.41) is 25.4. The van der Waals surface area contributed by atoms with Crippen LogP contribution in [0.1, 0.15) is 34.6 Å². The fourth-order valence-corrected chi connectivity index (χ4v) is 2.93. The van der Waals surface area contributed by atoms with Gasteiger partial charge in [-0.25, -0.2) is 0 Å². The van der Waals surface area contributed by atoms with Crippen LogP contribution in [0.5, 0.6) is 0 Å². The summed E-state index contributed by atoms with van der Waals surface area (Å²) in [6.45, 7) is 1.33. The lowest BCUT2D eigenvalue weighted by molar-refractivity contribution is -0.384. The molecule has 7 heteroatoms. The van der Waals surface area contributed by atoms with E-state index in [0.29, 0.717) is 17.7 Å². The summed E-state index contributed by atoms with van der Waals surface area (Å²) >= 11 is 1.51. The van der Waals surface area contributed by atoms with E-state index in [1.807, 2.05) is 17.5 Å². The molecule has 0 radical (unpaired) electrons. The van der Waals surface area contributed by atoms with Gasteiger partial charge in [0.2, 0.25) is 0 Å². The summed E-state index contributed by atoms with van der Waals surface area (Å²) in [6.07, 6.45) is 0.437. The lowest BCUT2D eigenvalue weighted by Crippen LogP contribution is -2.12. The predicted octanol–water partition coefficient (Wildman–Crippen LogP) is 3.39. The molecule has 2 rings (SSSR count). The molecular formula is C15H16N2O4S. The SMILES string of the molecule is CC(=O)c1ccc(NC(CCO)c2cccs2)c([N+](=O)[O-])c1.